The number of carbonyl (C=O) groups is 1. The van der Waals surface area contributed by atoms with E-state index in [1.807, 2.05) is 18.2 Å². The number of anilines is 1. The molecule has 5 nitrogen and oxygen atoms in total. The second-order valence-corrected chi connectivity index (χ2v) is 5.97. The minimum atomic E-state index is 0.0477. The van der Waals surface area contributed by atoms with Crippen molar-refractivity contribution in [2.45, 2.75) is 0 Å². The molecule has 1 aliphatic heterocycles. The van der Waals surface area contributed by atoms with Crippen molar-refractivity contribution in [3.8, 4) is 5.75 Å². The Kier molecular flexibility index (Phi) is 3.79. The largest absolute Gasteiger partial charge is 0.497 e. The molecule has 0 bridgehead atoms. The van der Waals surface area contributed by atoms with Gasteiger partial charge in [-0.15, -0.1) is 6.58 Å². The number of ether oxygens (including phenoxy) is 1. The maximum atomic E-state index is 11.8. The van der Waals surface area contributed by atoms with Gasteiger partial charge in [-0.2, -0.15) is 0 Å². The highest BCUT2D eigenvalue weighted by Gasteiger charge is 2.34. The number of hydrogen-bond donors (Lipinski definition) is 1. The lowest BCUT2D eigenvalue weighted by molar-refractivity contribution is -0.125. The lowest BCUT2D eigenvalue weighted by atomic mass is 10.0. The van der Waals surface area contributed by atoms with E-state index in [4.69, 9.17) is 4.74 Å². The summed E-state index contributed by atoms with van der Waals surface area (Å²) in [6, 6.07) is 5.89. The predicted octanol–water partition coefficient (Wildman–Crippen LogP) is 2.04. The molecule has 0 atom stereocenters. The SMILES string of the molecule is C=CCNC(=O)C1CN(c2nc3cc(OC)ccc3s2)C1. The van der Waals surface area contributed by atoms with Crippen molar-refractivity contribution in [1.29, 1.82) is 0 Å². The Morgan fingerprint density at radius 3 is 3.14 bits per heavy atom. The summed E-state index contributed by atoms with van der Waals surface area (Å²) in [4.78, 5) is 18.5. The van der Waals surface area contributed by atoms with E-state index in [9.17, 15) is 4.79 Å². The molecule has 1 aromatic carbocycles. The summed E-state index contributed by atoms with van der Waals surface area (Å²) in [6.45, 7) is 5.56. The summed E-state index contributed by atoms with van der Waals surface area (Å²) in [6.07, 6.45) is 1.69. The van der Waals surface area contributed by atoms with Crippen molar-refractivity contribution >= 4 is 32.6 Å². The molecule has 0 radical (unpaired) electrons. The van der Waals surface area contributed by atoms with E-state index in [1.165, 1.54) is 0 Å². The minimum Gasteiger partial charge on any atom is -0.497 e. The number of thiazole rings is 1. The lowest BCUT2D eigenvalue weighted by Crippen LogP contribution is -2.53. The fraction of sp³-hybridized carbons (Fsp3) is 0.333. The van der Waals surface area contributed by atoms with E-state index >= 15 is 0 Å². The Hall–Kier alpha value is -2.08. The van der Waals surface area contributed by atoms with Crippen molar-refractivity contribution in [2.24, 2.45) is 5.92 Å². The van der Waals surface area contributed by atoms with Gasteiger partial charge in [0.15, 0.2) is 5.13 Å². The van der Waals surface area contributed by atoms with Gasteiger partial charge in [-0.25, -0.2) is 4.98 Å². The van der Waals surface area contributed by atoms with Crippen LogP contribution in [0.15, 0.2) is 30.9 Å². The Labute approximate surface area is 127 Å². The third-order valence-corrected chi connectivity index (χ3v) is 4.62. The molecule has 3 rings (SSSR count). The Morgan fingerprint density at radius 2 is 2.43 bits per heavy atom. The number of carbonyl (C=O) groups excluding carboxylic acids is 1. The van der Waals surface area contributed by atoms with Crippen LogP contribution in [0.25, 0.3) is 10.2 Å². The topological polar surface area (TPSA) is 54.5 Å². The molecule has 21 heavy (non-hydrogen) atoms. The van der Waals surface area contributed by atoms with Gasteiger partial charge >= 0.3 is 0 Å². The molecule has 2 heterocycles. The van der Waals surface area contributed by atoms with Gasteiger partial charge in [0.25, 0.3) is 0 Å². The van der Waals surface area contributed by atoms with Crippen LogP contribution in [-0.2, 0) is 4.79 Å². The highest BCUT2D eigenvalue weighted by atomic mass is 32.1. The number of methoxy groups -OCH3 is 1. The monoisotopic (exact) mass is 303 g/mol. The van der Waals surface area contributed by atoms with E-state index in [1.54, 1.807) is 24.5 Å². The van der Waals surface area contributed by atoms with Crippen molar-refractivity contribution in [3.05, 3.63) is 30.9 Å². The number of benzene rings is 1. The molecule has 110 valence electrons. The van der Waals surface area contributed by atoms with Crippen molar-refractivity contribution in [2.75, 3.05) is 31.6 Å². The quantitative estimate of drug-likeness (QED) is 0.859. The zero-order valence-electron chi connectivity index (χ0n) is 11.8. The number of hydrogen-bond acceptors (Lipinski definition) is 5. The van der Waals surface area contributed by atoms with Crippen LogP contribution in [0.1, 0.15) is 0 Å². The van der Waals surface area contributed by atoms with Crippen molar-refractivity contribution in [1.82, 2.24) is 10.3 Å². The first-order valence-corrected chi connectivity index (χ1v) is 7.61. The summed E-state index contributed by atoms with van der Waals surface area (Å²) < 4.78 is 6.34. The molecule has 2 aromatic rings. The second-order valence-electron chi connectivity index (χ2n) is 4.97. The minimum absolute atomic E-state index is 0.0477. The molecule has 1 aromatic heterocycles. The molecule has 0 saturated carbocycles. The standard InChI is InChI=1S/C15H17N3O2S/c1-3-6-16-14(19)10-8-18(9-10)15-17-12-7-11(20-2)4-5-13(12)21-15/h3-5,7,10H,1,6,8-9H2,2H3,(H,16,19). The molecule has 0 aliphatic carbocycles. The summed E-state index contributed by atoms with van der Waals surface area (Å²) in [7, 11) is 1.65. The Bertz CT molecular complexity index is 677. The van der Waals surface area contributed by atoms with E-state index in [2.05, 4.69) is 21.8 Å². The van der Waals surface area contributed by atoms with Crippen LogP contribution >= 0.6 is 11.3 Å². The number of aromatic nitrogens is 1. The maximum absolute atomic E-state index is 11.8. The highest BCUT2D eigenvalue weighted by molar-refractivity contribution is 7.22. The van der Waals surface area contributed by atoms with E-state index in [0.717, 1.165) is 34.2 Å². The summed E-state index contributed by atoms with van der Waals surface area (Å²) in [5.41, 5.74) is 0.939. The number of amides is 1. The van der Waals surface area contributed by atoms with Gasteiger partial charge < -0.3 is 15.0 Å². The molecule has 1 saturated heterocycles. The number of rotatable bonds is 5. The van der Waals surface area contributed by atoms with Gasteiger partial charge in [0.2, 0.25) is 5.91 Å². The van der Waals surface area contributed by atoms with Crippen LogP contribution in [0.2, 0.25) is 0 Å². The Morgan fingerprint density at radius 1 is 1.62 bits per heavy atom. The molecule has 1 N–H and O–H groups in total. The lowest BCUT2D eigenvalue weighted by Gasteiger charge is -2.37. The Balaban J connectivity index is 1.66. The van der Waals surface area contributed by atoms with E-state index in [-0.39, 0.29) is 11.8 Å². The molecular weight excluding hydrogens is 286 g/mol. The first-order valence-electron chi connectivity index (χ1n) is 6.79. The first kappa shape index (κ1) is 13.9. The molecule has 1 aliphatic rings. The zero-order valence-corrected chi connectivity index (χ0v) is 12.7. The molecule has 1 fully saturated rings. The molecule has 1 amide bonds. The average Bonchev–Trinajstić information content (AvgIpc) is 2.85. The molecule has 0 spiro atoms. The van der Waals surface area contributed by atoms with Gasteiger partial charge in [-0.3, -0.25) is 4.79 Å². The normalized spacial score (nSPS) is 14.8. The predicted molar refractivity (Wildman–Crippen MR) is 85.1 cm³/mol. The van der Waals surface area contributed by atoms with Gasteiger partial charge in [0.1, 0.15) is 5.75 Å². The van der Waals surface area contributed by atoms with Gasteiger partial charge in [0, 0.05) is 25.7 Å². The van der Waals surface area contributed by atoms with Crippen LogP contribution in [0.4, 0.5) is 5.13 Å². The van der Waals surface area contributed by atoms with Gasteiger partial charge in [-0.1, -0.05) is 17.4 Å². The highest BCUT2D eigenvalue weighted by Crippen LogP contribution is 2.34. The van der Waals surface area contributed by atoms with Gasteiger partial charge in [-0.05, 0) is 12.1 Å². The van der Waals surface area contributed by atoms with Crippen molar-refractivity contribution < 1.29 is 9.53 Å². The third-order valence-electron chi connectivity index (χ3n) is 3.53. The van der Waals surface area contributed by atoms with Crippen LogP contribution in [0.3, 0.4) is 0 Å². The van der Waals surface area contributed by atoms with Gasteiger partial charge in [0.05, 0.1) is 23.2 Å². The van der Waals surface area contributed by atoms with E-state index in [0.29, 0.717) is 6.54 Å². The van der Waals surface area contributed by atoms with Crippen LogP contribution in [0, 0.1) is 5.92 Å². The van der Waals surface area contributed by atoms with E-state index < -0.39 is 0 Å². The number of nitrogens with one attached hydrogen (secondary N) is 1. The molecule has 6 heteroatoms. The molecular formula is C15H17N3O2S. The number of fused-ring (bicyclic) bond motifs is 1. The second kappa shape index (κ2) is 5.73. The number of nitrogens with zero attached hydrogens (tertiary/aromatic N) is 2. The van der Waals surface area contributed by atoms with Crippen molar-refractivity contribution in [3.63, 3.8) is 0 Å². The fourth-order valence-electron chi connectivity index (χ4n) is 2.28. The van der Waals surface area contributed by atoms with Crippen LogP contribution < -0.4 is 15.0 Å². The average molecular weight is 303 g/mol. The van der Waals surface area contributed by atoms with Crippen LogP contribution in [-0.4, -0.2) is 37.6 Å². The maximum Gasteiger partial charge on any atom is 0.226 e. The molecule has 0 unspecified atom stereocenters. The first-order chi connectivity index (χ1) is 10.2. The zero-order chi connectivity index (χ0) is 14.8. The summed E-state index contributed by atoms with van der Waals surface area (Å²) in [5, 5.41) is 3.79. The summed E-state index contributed by atoms with van der Waals surface area (Å²) >= 11 is 1.64. The third kappa shape index (κ3) is 2.71. The fourth-order valence-corrected chi connectivity index (χ4v) is 3.24. The summed E-state index contributed by atoms with van der Waals surface area (Å²) in [5.74, 6) is 0.949. The smallest absolute Gasteiger partial charge is 0.226 e. The van der Waals surface area contributed by atoms with Crippen LogP contribution in [0.5, 0.6) is 5.75 Å².